The molecule has 0 aliphatic rings. The molecule has 0 bridgehead atoms. The van der Waals surface area contributed by atoms with Crippen LogP contribution in [0.3, 0.4) is 0 Å². The molecule has 0 fully saturated rings. The zero-order chi connectivity index (χ0) is 25.7. The van der Waals surface area contributed by atoms with E-state index in [1.54, 1.807) is 0 Å². The van der Waals surface area contributed by atoms with Crippen molar-refractivity contribution in [3.63, 3.8) is 0 Å². The van der Waals surface area contributed by atoms with Crippen LogP contribution in [-0.4, -0.2) is 106 Å². The van der Waals surface area contributed by atoms with Gasteiger partial charge in [0.1, 0.15) is 0 Å². The quantitative estimate of drug-likeness (QED) is 0.162. The maximum Gasteiger partial charge on any atom is 0.500 e. The molecule has 0 aliphatic carbocycles. The maximum absolute atomic E-state index is 6.06. The van der Waals surface area contributed by atoms with Crippen LogP contribution in [0.1, 0.15) is 68.2 Å². The SMILES string of the molecule is CCO[Si](CCCN(CCC[Si](OCC)(OCC)OCC)CCN(CC)CC)(OCC)OCC. The number of hydrogen-bond donors (Lipinski definition) is 0. The average molecular weight is 525 g/mol. The molecule has 0 heterocycles. The summed E-state index contributed by atoms with van der Waals surface area (Å²) < 4.78 is 36.3. The lowest BCUT2D eigenvalue weighted by Gasteiger charge is -2.31. The van der Waals surface area contributed by atoms with Gasteiger partial charge in [-0.2, -0.15) is 0 Å². The van der Waals surface area contributed by atoms with Crippen molar-refractivity contribution >= 4 is 17.6 Å². The number of rotatable bonds is 25. The van der Waals surface area contributed by atoms with Crippen molar-refractivity contribution in [2.24, 2.45) is 0 Å². The highest BCUT2D eigenvalue weighted by Crippen LogP contribution is 2.21. The van der Waals surface area contributed by atoms with Crippen LogP contribution < -0.4 is 0 Å². The predicted molar refractivity (Wildman–Crippen MR) is 144 cm³/mol. The Morgan fingerprint density at radius 3 is 0.971 bits per heavy atom. The Balaban J connectivity index is 5.14. The Labute approximate surface area is 213 Å². The van der Waals surface area contributed by atoms with Gasteiger partial charge in [-0.1, -0.05) is 13.8 Å². The van der Waals surface area contributed by atoms with Crippen molar-refractivity contribution in [3.8, 4) is 0 Å². The van der Waals surface area contributed by atoms with E-state index in [1.807, 2.05) is 41.5 Å². The zero-order valence-corrected chi connectivity index (χ0v) is 25.7. The van der Waals surface area contributed by atoms with Gasteiger partial charge in [0.25, 0.3) is 0 Å². The van der Waals surface area contributed by atoms with Gasteiger partial charge in [0.15, 0.2) is 0 Å². The molecular weight excluding hydrogens is 468 g/mol. The highest BCUT2D eigenvalue weighted by atomic mass is 28.4. The summed E-state index contributed by atoms with van der Waals surface area (Å²) in [5, 5.41) is 0. The largest absolute Gasteiger partial charge is 0.500 e. The van der Waals surface area contributed by atoms with Crippen LogP contribution in [0.5, 0.6) is 0 Å². The van der Waals surface area contributed by atoms with Crippen LogP contribution in [0.15, 0.2) is 0 Å². The Morgan fingerprint density at radius 1 is 0.412 bits per heavy atom. The molecule has 0 aromatic heterocycles. The Morgan fingerprint density at radius 2 is 0.706 bits per heavy atom. The highest BCUT2D eigenvalue weighted by molar-refractivity contribution is 6.61. The van der Waals surface area contributed by atoms with Gasteiger partial charge in [-0.05, 0) is 80.6 Å². The van der Waals surface area contributed by atoms with E-state index in [1.165, 1.54) is 0 Å². The fourth-order valence-electron chi connectivity index (χ4n) is 4.20. The summed E-state index contributed by atoms with van der Waals surface area (Å²) in [6.45, 7) is 26.5. The lowest BCUT2D eigenvalue weighted by molar-refractivity contribution is 0.0690. The van der Waals surface area contributed by atoms with E-state index < -0.39 is 17.6 Å². The van der Waals surface area contributed by atoms with Gasteiger partial charge in [0.2, 0.25) is 0 Å². The van der Waals surface area contributed by atoms with Gasteiger partial charge < -0.3 is 36.4 Å². The third kappa shape index (κ3) is 14.0. The summed E-state index contributed by atoms with van der Waals surface area (Å²) in [4.78, 5) is 5.04. The third-order valence-electron chi connectivity index (χ3n) is 5.73. The van der Waals surface area contributed by atoms with Gasteiger partial charge in [-0.25, -0.2) is 0 Å². The Bertz CT molecular complexity index is 395. The number of nitrogens with zero attached hydrogens (tertiary/aromatic N) is 2. The molecule has 0 unspecified atom stereocenters. The smallest absolute Gasteiger partial charge is 0.374 e. The van der Waals surface area contributed by atoms with Crippen LogP contribution >= 0.6 is 0 Å². The fourth-order valence-corrected chi connectivity index (χ4v) is 9.39. The molecule has 34 heavy (non-hydrogen) atoms. The second kappa shape index (κ2) is 21.2. The zero-order valence-electron chi connectivity index (χ0n) is 23.7. The molecule has 8 nitrogen and oxygen atoms in total. The minimum Gasteiger partial charge on any atom is -0.374 e. The van der Waals surface area contributed by atoms with Gasteiger partial charge in [-0.15, -0.1) is 0 Å². The molecule has 0 atom stereocenters. The van der Waals surface area contributed by atoms with Crippen molar-refractivity contribution in [1.29, 1.82) is 0 Å². The van der Waals surface area contributed by atoms with Gasteiger partial charge >= 0.3 is 17.6 Å². The Kier molecular flexibility index (Phi) is 21.3. The molecule has 0 spiro atoms. The second-order valence-corrected chi connectivity index (χ2v) is 13.5. The van der Waals surface area contributed by atoms with E-state index in [4.69, 9.17) is 26.6 Å². The molecule has 0 saturated carbocycles. The topological polar surface area (TPSA) is 61.9 Å². The van der Waals surface area contributed by atoms with Crippen LogP contribution in [0.25, 0.3) is 0 Å². The first-order valence-electron chi connectivity index (χ1n) is 13.7. The van der Waals surface area contributed by atoms with Crippen molar-refractivity contribution in [2.75, 3.05) is 78.9 Å². The molecule has 0 N–H and O–H groups in total. The molecule has 0 radical (unpaired) electrons. The first-order chi connectivity index (χ1) is 16.4. The number of hydrogen-bond acceptors (Lipinski definition) is 8. The van der Waals surface area contributed by atoms with Gasteiger partial charge in [0, 0.05) is 64.8 Å². The summed E-state index contributed by atoms with van der Waals surface area (Å²) in [5.74, 6) is 0. The minimum absolute atomic E-state index is 0.622. The molecule has 0 aromatic carbocycles. The molecule has 0 aliphatic heterocycles. The summed E-state index contributed by atoms with van der Waals surface area (Å²) in [6.07, 6.45) is 1.99. The minimum atomic E-state index is -2.60. The summed E-state index contributed by atoms with van der Waals surface area (Å²) in [5.41, 5.74) is 0. The predicted octanol–water partition coefficient (Wildman–Crippen LogP) is 4.51. The molecule has 0 aromatic rings. The molecule has 0 rings (SSSR count). The first kappa shape index (κ1) is 34.1. The van der Waals surface area contributed by atoms with E-state index in [2.05, 4.69) is 23.6 Å². The lowest BCUT2D eigenvalue weighted by atomic mass is 10.3. The Hall–Kier alpha value is 0.114. The van der Waals surface area contributed by atoms with Crippen molar-refractivity contribution in [2.45, 2.75) is 80.3 Å². The molecular formula is C24H56N2O6Si2. The van der Waals surface area contributed by atoms with E-state index >= 15 is 0 Å². The van der Waals surface area contributed by atoms with Gasteiger partial charge in [0.05, 0.1) is 0 Å². The molecule has 0 saturated heterocycles. The van der Waals surface area contributed by atoms with Crippen molar-refractivity contribution in [1.82, 2.24) is 9.80 Å². The van der Waals surface area contributed by atoms with E-state index in [0.29, 0.717) is 39.6 Å². The van der Waals surface area contributed by atoms with E-state index in [9.17, 15) is 0 Å². The second-order valence-electron chi connectivity index (χ2n) is 8.04. The fraction of sp³-hybridized carbons (Fsp3) is 1.00. The summed E-state index contributed by atoms with van der Waals surface area (Å²) in [6, 6.07) is 1.69. The van der Waals surface area contributed by atoms with Crippen LogP contribution in [-0.2, 0) is 26.6 Å². The highest BCUT2D eigenvalue weighted by Gasteiger charge is 2.41. The third-order valence-corrected chi connectivity index (χ3v) is 12.0. The average Bonchev–Trinajstić information content (AvgIpc) is 2.80. The maximum atomic E-state index is 6.06. The molecule has 10 heteroatoms. The monoisotopic (exact) mass is 524 g/mol. The van der Waals surface area contributed by atoms with Crippen LogP contribution in [0.4, 0.5) is 0 Å². The molecule has 0 amide bonds. The first-order valence-corrected chi connectivity index (χ1v) is 17.6. The van der Waals surface area contributed by atoms with Crippen molar-refractivity contribution < 1.29 is 26.6 Å². The lowest BCUT2D eigenvalue weighted by Crippen LogP contribution is -2.47. The summed E-state index contributed by atoms with van der Waals surface area (Å²) >= 11 is 0. The van der Waals surface area contributed by atoms with E-state index in [-0.39, 0.29) is 0 Å². The molecule has 206 valence electrons. The van der Waals surface area contributed by atoms with Crippen molar-refractivity contribution in [3.05, 3.63) is 0 Å². The van der Waals surface area contributed by atoms with Gasteiger partial charge in [-0.3, -0.25) is 0 Å². The van der Waals surface area contributed by atoms with Crippen LogP contribution in [0, 0.1) is 0 Å². The van der Waals surface area contributed by atoms with E-state index in [0.717, 1.165) is 64.2 Å². The number of likely N-dealkylation sites (N-methyl/N-ethyl adjacent to an activating group) is 1. The normalized spacial score (nSPS) is 12.9. The standard InChI is InChI=1S/C24H56N2O6Si2/c1-9-25(10-2)21-22-26(19-17-23-33(27-11-3,28-12-4)29-13-5)20-18-24-34(30-14-6,31-15-7)32-16-8/h9-24H2,1-8H3. The summed E-state index contributed by atoms with van der Waals surface area (Å²) in [7, 11) is -5.21. The van der Waals surface area contributed by atoms with Crippen LogP contribution in [0.2, 0.25) is 12.1 Å².